The molecule has 68 valence electrons. The second kappa shape index (κ2) is 5.56. The van der Waals surface area contributed by atoms with Gasteiger partial charge < -0.3 is 9.59 Å². The number of hydrogen-bond acceptors (Lipinski definition) is 1. The topological polar surface area (TPSA) is 20.2 Å². The first-order valence-corrected chi connectivity index (χ1v) is 4.63. The maximum atomic E-state index is 8.60. The van der Waals surface area contributed by atoms with Crippen LogP contribution in [0.25, 0.3) is 0 Å². The van der Waals surface area contributed by atoms with Crippen LogP contribution in [-0.4, -0.2) is 42.9 Å². The zero-order valence-corrected chi connectivity index (χ0v) is 8.14. The van der Waals surface area contributed by atoms with E-state index in [0.29, 0.717) is 6.61 Å². The highest BCUT2D eigenvalue weighted by atomic mass is 16.2. The van der Waals surface area contributed by atoms with Gasteiger partial charge in [0.15, 0.2) is 0 Å². The second-order valence-corrected chi connectivity index (χ2v) is 3.41. The third-order valence-electron chi connectivity index (χ3n) is 2.63. The van der Waals surface area contributed by atoms with E-state index in [4.69, 9.17) is 5.11 Å². The lowest BCUT2D eigenvalue weighted by Gasteiger charge is -2.32. The molecule has 0 aliphatic heterocycles. The molecule has 1 N–H and O–H groups in total. The van der Waals surface area contributed by atoms with E-state index in [0.717, 1.165) is 17.3 Å². The minimum atomic E-state index is 0.341. The second-order valence-electron chi connectivity index (χ2n) is 3.41. The third-order valence-corrected chi connectivity index (χ3v) is 2.63. The lowest BCUT2D eigenvalue weighted by atomic mass is 10.2. The molecule has 2 heteroatoms. The lowest BCUT2D eigenvalue weighted by molar-refractivity contribution is -0.906. The molecule has 0 bridgehead atoms. The number of hydrogen-bond donors (Lipinski definition) is 1. The summed E-state index contributed by atoms with van der Waals surface area (Å²) in [6.07, 6.45) is 2.10. The minimum absolute atomic E-state index is 0.341. The van der Waals surface area contributed by atoms with E-state index in [-0.39, 0.29) is 0 Å². The molecular weight excluding hydrogens is 138 g/mol. The van der Waals surface area contributed by atoms with E-state index in [1.807, 2.05) is 0 Å². The fourth-order valence-electron chi connectivity index (χ4n) is 1.15. The van der Waals surface area contributed by atoms with Crippen molar-refractivity contribution in [2.24, 2.45) is 0 Å². The van der Waals surface area contributed by atoms with Crippen molar-refractivity contribution < 1.29 is 9.59 Å². The Hall–Kier alpha value is -0.0800. The monoisotopic (exact) mass is 160 g/mol. The van der Waals surface area contributed by atoms with Crippen LogP contribution in [-0.2, 0) is 0 Å². The Morgan fingerprint density at radius 3 is 2.00 bits per heavy atom. The van der Waals surface area contributed by atoms with Gasteiger partial charge in [-0.3, -0.25) is 0 Å². The number of rotatable bonds is 6. The largest absolute Gasteiger partial charge is 0.396 e. The van der Waals surface area contributed by atoms with Gasteiger partial charge in [0.2, 0.25) is 0 Å². The van der Waals surface area contributed by atoms with Crippen LogP contribution in [0.5, 0.6) is 0 Å². The van der Waals surface area contributed by atoms with Gasteiger partial charge >= 0.3 is 0 Å². The first-order chi connectivity index (χ1) is 5.18. The molecule has 0 aromatic heterocycles. The average Bonchev–Trinajstić information content (AvgIpc) is 2.05. The molecule has 0 rings (SSSR count). The molecule has 0 spiro atoms. The fourth-order valence-corrected chi connectivity index (χ4v) is 1.15. The van der Waals surface area contributed by atoms with Crippen molar-refractivity contribution in [2.45, 2.75) is 26.7 Å². The molecule has 0 amide bonds. The Bertz CT molecular complexity index is 89.6. The summed E-state index contributed by atoms with van der Waals surface area (Å²) in [4.78, 5) is 0. The van der Waals surface area contributed by atoms with Gasteiger partial charge in [-0.15, -0.1) is 0 Å². The van der Waals surface area contributed by atoms with Crippen molar-refractivity contribution in [2.75, 3.05) is 33.3 Å². The summed E-state index contributed by atoms with van der Waals surface area (Å²) in [5, 5.41) is 8.60. The molecule has 0 aromatic rings. The van der Waals surface area contributed by atoms with Crippen molar-refractivity contribution >= 4 is 0 Å². The Balaban J connectivity index is 3.51. The van der Waals surface area contributed by atoms with Crippen molar-refractivity contribution in [1.82, 2.24) is 0 Å². The minimum Gasteiger partial charge on any atom is -0.396 e. The predicted molar refractivity (Wildman–Crippen MR) is 48.5 cm³/mol. The van der Waals surface area contributed by atoms with Gasteiger partial charge in [0.25, 0.3) is 0 Å². The summed E-state index contributed by atoms with van der Waals surface area (Å²) < 4.78 is 1.14. The summed E-state index contributed by atoms with van der Waals surface area (Å²) in [5.41, 5.74) is 0. The van der Waals surface area contributed by atoms with Crippen LogP contribution in [0, 0.1) is 0 Å². The molecule has 0 aliphatic carbocycles. The van der Waals surface area contributed by atoms with Gasteiger partial charge in [-0.05, 0) is 26.7 Å². The highest BCUT2D eigenvalue weighted by Crippen LogP contribution is 2.03. The van der Waals surface area contributed by atoms with Crippen LogP contribution in [0.15, 0.2) is 0 Å². The molecule has 0 atom stereocenters. The van der Waals surface area contributed by atoms with Gasteiger partial charge in [0.1, 0.15) is 0 Å². The summed E-state index contributed by atoms with van der Waals surface area (Å²) in [6, 6.07) is 0. The lowest BCUT2D eigenvalue weighted by Crippen LogP contribution is -2.44. The maximum absolute atomic E-state index is 8.60. The normalized spacial score (nSPS) is 12.0. The standard InChI is InChI=1S/C9H22NO/c1-4-10(3,5-2)8-6-7-9-11/h11H,4-9H2,1-3H3/q+1. The van der Waals surface area contributed by atoms with Crippen molar-refractivity contribution in [1.29, 1.82) is 0 Å². The Labute approximate surface area is 70.4 Å². The average molecular weight is 160 g/mol. The molecule has 0 fully saturated rings. The summed E-state index contributed by atoms with van der Waals surface area (Å²) in [6.45, 7) is 8.38. The van der Waals surface area contributed by atoms with Crippen LogP contribution in [0.4, 0.5) is 0 Å². The summed E-state index contributed by atoms with van der Waals surface area (Å²) in [5.74, 6) is 0. The van der Waals surface area contributed by atoms with Crippen LogP contribution in [0.2, 0.25) is 0 Å². The van der Waals surface area contributed by atoms with E-state index < -0.39 is 0 Å². The molecule has 2 nitrogen and oxygen atoms in total. The SMILES string of the molecule is CC[N+](C)(CC)CCCCO. The third kappa shape index (κ3) is 4.38. The van der Waals surface area contributed by atoms with Crippen LogP contribution in [0.1, 0.15) is 26.7 Å². The van der Waals surface area contributed by atoms with Gasteiger partial charge in [0, 0.05) is 6.61 Å². The molecule has 0 aromatic carbocycles. The first kappa shape index (κ1) is 10.9. The van der Waals surface area contributed by atoms with Gasteiger partial charge in [0.05, 0.1) is 26.7 Å². The van der Waals surface area contributed by atoms with Gasteiger partial charge in [-0.2, -0.15) is 0 Å². The van der Waals surface area contributed by atoms with E-state index in [9.17, 15) is 0 Å². The van der Waals surface area contributed by atoms with E-state index in [2.05, 4.69) is 20.9 Å². The number of unbranched alkanes of at least 4 members (excludes halogenated alkanes) is 1. The molecular formula is C9H22NO+. The maximum Gasteiger partial charge on any atom is 0.0785 e. The van der Waals surface area contributed by atoms with Crippen LogP contribution in [0.3, 0.4) is 0 Å². The van der Waals surface area contributed by atoms with Crippen LogP contribution < -0.4 is 0 Å². The van der Waals surface area contributed by atoms with Crippen LogP contribution >= 0.6 is 0 Å². The molecule has 0 saturated carbocycles. The fraction of sp³-hybridized carbons (Fsp3) is 1.00. The Morgan fingerprint density at radius 2 is 1.64 bits per heavy atom. The van der Waals surface area contributed by atoms with Gasteiger partial charge in [-0.1, -0.05) is 0 Å². The van der Waals surface area contributed by atoms with Crippen molar-refractivity contribution in [3.63, 3.8) is 0 Å². The molecule has 0 saturated heterocycles. The number of aliphatic hydroxyl groups excluding tert-OH is 1. The van der Waals surface area contributed by atoms with E-state index in [1.54, 1.807) is 0 Å². The zero-order valence-electron chi connectivity index (χ0n) is 8.14. The van der Waals surface area contributed by atoms with E-state index >= 15 is 0 Å². The smallest absolute Gasteiger partial charge is 0.0785 e. The highest BCUT2D eigenvalue weighted by Gasteiger charge is 2.14. The summed E-state index contributed by atoms with van der Waals surface area (Å²) >= 11 is 0. The van der Waals surface area contributed by atoms with E-state index in [1.165, 1.54) is 19.6 Å². The highest BCUT2D eigenvalue weighted by molar-refractivity contribution is 4.38. The quantitative estimate of drug-likeness (QED) is 0.458. The zero-order chi connectivity index (χ0) is 8.74. The number of quaternary nitrogens is 1. The number of nitrogens with zero attached hydrogens (tertiary/aromatic N) is 1. The van der Waals surface area contributed by atoms with Crippen molar-refractivity contribution in [3.05, 3.63) is 0 Å². The molecule has 11 heavy (non-hydrogen) atoms. The predicted octanol–water partition coefficient (Wildman–Crippen LogP) is 1.25. The molecule has 0 unspecified atom stereocenters. The molecule has 0 aliphatic rings. The van der Waals surface area contributed by atoms with Gasteiger partial charge in [-0.25, -0.2) is 0 Å². The Morgan fingerprint density at radius 1 is 1.09 bits per heavy atom. The first-order valence-electron chi connectivity index (χ1n) is 4.63. The molecule has 0 radical (unpaired) electrons. The van der Waals surface area contributed by atoms with Crippen molar-refractivity contribution in [3.8, 4) is 0 Å². The Kier molecular flexibility index (Phi) is 5.51. The molecule has 0 heterocycles. The summed E-state index contributed by atoms with van der Waals surface area (Å²) in [7, 11) is 2.28. The number of aliphatic hydroxyl groups is 1.